The summed E-state index contributed by atoms with van der Waals surface area (Å²) in [6, 6.07) is 4.33. The van der Waals surface area contributed by atoms with E-state index in [2.05, 4.69) is 45.3 Å². The Morgan fingerprint density at radius 2 is 2.16 bits per heavy atom. The maximum Gasteiger partial charge on any atom is 0.135 e. The molecule has 3 rings (SSSR count). The fourth-order valence-corrected chi connectivity index (χ4v) is 3.35. The molecule has 0 radical (unpaired) electrons. The topological polar surface area (TPSA) is 24.5 Å². The van der Waals surface area contributed by atoms with Gasteiger partial charge in [0.2, 0.25) is 0 Å². The highest BCUT2D eigenvalue weighted by molar-refractivity contribution is 9.10. The van der Waals surface area contributed by atoms with Crippen molar-refractivity contribution in [3.8, 4) is 5.75 Å². The first-order valence-electron chi connectivity index (χ1n) is 7.10. The van der Waals surface area contributed by atoms with Gasteiger partial charge in [0.05, 0.1) is 11.1 Å². The number of hydrogen-bond donors (Lipinski definition) is 1. The molecule has 2 aliphatic heterocycles. The van der Waals surface area contributed by atoms with Crippen LogP contribution in [0.2, 0.25) is 0 Å². The predicted octanol–water partition coefficient (Wildman–Crippen LogP) is 3.14. The van der Waals surface area contributed by atoms with Crippen LogP contribution in [0.3, 0.4) is 0 Å². The van der Waals surface area contributed by atoms with Crippen LogP contribution in [0.4, 0.5) is 5.69 Å². The molecule has 0 saturated carbocycles. The molecule has 104 valence electrons. The molecular weight excluding hydrogens is 304 g/mol. The molecule has 0 aromatic heterocycles. The molecule has 2 heterocycles. The highest BCUT2D eigenvalue weighted by Gasteiger charge is 2.19. The minimum absolute atomic E-state index is 0.698. The first-order valence-corrected chi connectivity index (χ1v) is 7.89. The summed E-state index contributed by atoms with van der Waals surface area (Å²) >= 11 is 3.62. The second kappa shape index (κ2) is 5.71. The van der Waals surface area contributed by atoms with Gasteiger partial charge in [-0.15, -0.1) is 0 Å². The van der Waals surface area contributed by atoms with Gasteiger partial charge in [0.25, 0.3) is 0 Å². The Labute approximate surface area is 123 Å². The molecule has 2 aliphatic rings. The first-order chi connectivity index (χ1) is 9.22. The van der Waals surface area contributed by atoms with Crippen LogP contribution in [0.15, 0.2) is 16.6 Å². The molecule has 0 amide bonds. The SMILES string of the molecule is CN1CCC(COc2cc3c(cc2Br)CCN3)CC1. The van der Waals surface area contributed by atoms with E-state index in [4.69, 9.17) is 4.74 Å². The number of hydrogen-bond acceptors (Lipinski definition) is 3. The van der Waals surface area contributed by atoms with E-state index in [1.165, 1.54) is 37.2 Å². The number of likely N-dealkylation sites (tertiary alicyclic amines) is 1. The minimum Gasteiger partial charge on any atom is -0.492 e. The second-order valence-electron chi connectivity index (χ2n) is 5.67. The smallest absolute Gasteiger partial charge is 0.135 e. The van der Waals surface area contributed by atoms with Gasteiger partial charge in [-0.3, -0.25) is 0 Å². The van der Waals surface area contributed by atoms with Crippen molar-refractivity contribution < 1.29 is 4.74 Å². The van der Waals surface area contributed by atoms with Crippen molar-refractivity contribution in [2.45, 2.75) is 19.3 Å². The van der Waals surface area contributed by atoms with Gasteiger partial charge < -0.3 is 15.0 Å². The summed E-state index contributed by atoms with van der Waals surface area (Å²) in [4.78, 5) is 2.39. The lowest BCUT2D eigenvalue weighted by molar-refractivity contribution is 0.159. The Hall–Kier alpha value is -0.740. The van der Waals surface area contributed by atoms with Gasteiger partial charge in [-0.2, -0.15) is 0 Å². The first kappa shape index (κ1) is 13.3. The number of rotatable bonds is 3. The lowest BCUT2D eigenvalue weighted by Crippen LogP contribution is -2.32. The summed E-state index contributed by atoms with van der Waals surface area (Å²) in [5.41, 5.74) is 2.63. The summed E-state index contributed by atoms with van der Waals surface area (Å²) in [6.45, 7) is 4.27. The number of ether oxygens (including phenoxy) is 1. The fourth-order valence-electron chi connectivity index (χ4n) is 2.84. The highest BCUT2D eigenvalue weighted by atomic mass is 79.9. The molecule has 1 saturated heterocycles. The third-order valence-electron chi connectivity index (χ3n) is 4.18. The number of nitrogens with zero attached hydrogens (tertiary/aromatic N) is 1. The monoisotopic (exact) mass is 324 g/mol. The van der Waals surface area contributed by atoms with E-state index in [0.717, 1.165) is 29.8 Å². The predicted molar refractivity (Wildman–Crippen MR) is 82.1 cm³/mol. The van der Waals surface area contributed by atoms with Gasteiger partial charge >= 0.3 is 0 Å². The molecule has 0 unspecified atom stereocenters. The summed E-state index contributed by atoms with van der Waals surface area (Å²) < 4.78 is 7.12. The Kier molecular flexibility index (Phi) is 3.99. The van der Waals surface area contributed by atoms with Gasteiger partial charge in [0.15, 0.2) is 0 Å². The molecule has 3 nitrogen and oxygen atoms in total. The van der Waals surface area contributed by atoms with Crippen molar-refractivity contribution in [3.63, 3.8) is 0 Å². The molecule has 1 aromatic carbocycles. The van der Waals surface area contributed by atoms with Gasteiger partial charge in [-0.05, 0) is 72.9 Å². The van der Waals surface area contributed by atoms with Gasteiger partial charge in [-0.25, -0.2) is 0 Å². The number of nitrogens with one attached hydrogen (secondary N) is 1. The molecule has 0 aliphatic carbocycles. The van der Waals surface area contributed by atoms with Crippen LogP contribution < -0.4 is 10.1 Å². The Bertz CT molecular complexity index is 456. The summed E-state index contributed by atoms with van der Waals surface area (Å²) in [7, 11) is 2.19. The van der Waals surface area contributed by atoms with Crippen molar-refractivity contribution in [3.05, 3.63) is 22.2 Å². The standard InChI is InChI=1S/C15H21BrN2O/c1-18-6-3-11(4-7-18)10-19-15-9-14-12(2-5-17-14)8-13(15)16/h8-9,11,17H,2-7,10H2,1H3. The van der Waals surface area contributed by atoms with Gasteiger partial charge in [0.1, 0.15) is 5.75 Å². The third-order valence-corrected chi connectivity index (χ3v) is 4.80. The van der Waals surface area contributed by atoms with E-state index in [-0.39, 0.29) is 0 Å². The largest absolute Gasteiger partial charge is 0.492 e. The quantitative estimate of drug-likeness (QED) is 0.924. The molecule has 1 aromatic rings. The highest BCUT2D eigenvalue weighted by Crippen LogP contribution is 2.34. The van der Waals surface area contributed by atoms with E-state index in [1.54, 1.807) is 0 Å². The van der Waals surface area contributed by atoms with E-state index < -0.39 is 0 Å². The van der Waals surface area contributed by atoms with E-state index in [9.17, 15) is 0 Å². The summed E-state index contributed by atoms with van der Waals surface area (Å²) in [5.74, 6) is 1.68. The van der Waals surface area contributed by atoms with Gasteiger partial charge in [-0.1, -0.05) is 0 Å². The van der Waals surface area contributed by atoms with E-state index in [0.29, 0.717) is 5.92 Å². The average Bonchev–Trinajstić information content (AvgIpc) is 2.85. The van der Waals surface area contributed by atoms with Crippen LogP contribution in [0.25, 0.3) is 0 Å². The van der Waals surface area contributed by atoms with Crippen LogP contribution in [0.1, 0.15) is 18.4 Å². The molecule has 1 N–H and O–H groups in total. The molecule has 4 heteroatoms. The van der Waals surface area contributed by atoms with Crippen molar-refractivity contribution >= 4 is 21.6 Å². The number of halogens is 1. The molecular formula is C15H21BrN2O. The second-order valence-corrected chi connectivity index (χ2v) is 6.53. The van der Waals surface area contributed by atoms with Crippen LogP contribution in [-0.2, 0) is 6.42 Å². The van der Waals surface area contributed by atoms with Crippen LogP contribution in [0, 0.1) is 5.92 Å². The number of benzene rings is 1. The normalized spacial score (nSPS) is 20.1. The average molecular weight is 325 g/mol. The van der Waals surface area contributed by atoms with Crippen LogP contribution in [0.5, 0.6) is 5.75 Å². The van der Waals surface area contributed by atoms with Crippen molar-refractivity contribution in [1.82, 2.24) is 4.90 Å². The number of fused-ring (bicyclic) bond motifs is 1. The molecule has 0 bridgehead atoms. The zero-order valence-corrected chi connectivity index (χ0v) is 13.0. The van der Waals surface area contributed by atoms with E-state index >= 15 is 0 Å². The van der Waals surface area contributed by atoms with Crippen molar-refractivity contribution in [2.75, 3.05) is 38.6 Å². The van der Waals surface area contributed by atoms with Crippen molar-refractivity contribution in [2.24, 2.45) is 5.92 Å². The lowest BCUT2D eigenvalue weighted by Gasteiger charge is -2.28. The van der Waals surface area contributed by atoms with Crippen molar-refractivity contribution in [1.29, 1.82) is 0 Å². The summed E-state index contributed by atoms with van der Waals surface area (Å²) in [5, 5.41) is 3.40. The van der Waals surface area contributed by atoms with Crippen LogP contribution >= 0.6 is 15.9 Å². The van der Waals surface area contributed by atoms with Gasteiger partial charge in [0, 0.05) is 18.3 Å². The zero-order valence-electron chi connectivity index (χ0n) is 11.4. The molecule has 19 heavy (non-hydrogen) atoms. The molecule has 0 spiro atoms. The molecule has 0 atom stereocenters. The Balaban J connectivity index is 1.61. The van der Waals surface area contributed by atoms with Crippen LogP contribution in [-0.4, -0.2) is 38.2 Å². The third kappa shape index (κ3) is 3.06. The van der Waals surface area contributed by atoms with E-state index in [1.807, 2.05) is 0 Å². The summed E-state index contributed by atoms with van der Waals surface area (Å²) in [6.07, 6.45) is 3.61. The molecule has 1 fully saturated rings. The zero-order chi connectivity index (χ0) is 13.2. The fraction of sp³-hybridized carbons (Fsp3) is 0.600. The number of piperidine rings is 1. The maximum absolute atomic E-state index is 6.03. The Morgan fingerprint density at radius 3 is 2.95 bits per heavy atom. The number of anilines is 1. The minimum atomic E-state index is 0.698. The maximum atomic E-state index is 6.03. The Morgan fingerprint density at radius 1 is 1.37 bits per heavy atom. The lowest BCUT2D eigenvalue weighted by atomic mass is 9.98.